The van der Waals surface area contributed by atoms with Crippen molar-refractivity contribution in [3.63, 3.8) is 0 Å². The molecule has 5 rings (SSSR count). The van der Waals surface area contributed by atoms with Gasteiger partial charge in [0.05, 0.1) is 29.4 Å². The lowest BCUT2D eigenvalue weighted by Gasteiger charge is -2.41. The third-order valence-electron chi connectivity index (χ3n) is 5.77. The second kappa shape index (κ2) is 7.37. The Morgan fingerprint density at radius 2 is 1.77 bits per heavy atom. The predicted molar refractivity (Wildman–Crippen MR) is 119 cm³/mol. The number of aromatic nitrogens is 4. The largest absolute Gasteiger partial charge is 0.444 e. The Morgan fingerprint density at radius 3 is 2.42 bits per heavy atom. The number of carbonyl (C=O) groups is 1. The first-order valence-electron chi connectivity index (χ1n) is 10.5. The van der Waals surface area contributed by atoms with E-state index in [0.717, 1.165) is 29.7 Å². The van der Waals surface area contributed by atoms with Crippen LogP contribution in [0.3, 0.4) is 0 Å². The second-order valence-electron chi connectivity index (χ2n) is 9.12. The lowest BCUT2D eigenvalue weighted by atomic mass is 10.1. The van der Waals surface area contributed by atoms with Gasteiger partial charge in [0.1, 0.15) is 11.4 Å². The summed E-state index contributed by atoms with van der Waals surface area (Å²) in [6.45, 7) is 7.04. The summed E-state index contributed by atoms with van der Waals surface area (Å²) in [5.41, 5.74) is 1.07. The summed E-state index contributed by atoms with van der Waals surface area (Å²) < 4.78 is 7.42. The zero-order valence-electron chi connectivity index (χ0n) is 17.8. The molecule has 9 heteroatoms. The highest BCUT2D eigenvalue weighted by Crippen LogP contribution is 2.36. The van der Waals surface area contributed by atoms with Gasteiger partial charge in [-0.2, -0.15) is 15.1 Å². The fourth-order valence-electron chi connectivity index (χ4n) is 4.56. The van der Waals surface area contributed by atoms with Gasteiger partial charge in [-0.1, -0.05) is 18.2 Å². The van der Waals surface area contributed by atoms with Crippen LogP contribution in [0.15, 0.2) is 36.5 Å². The summed E-state index contributed by atoms with van der Waals surface area (Å²) in [5.74, 6) is 0.762. The highest BCUT2D eigenvalue weighted by molar-refractivity contribution is 6.28. The van der Waals surface area contributed by atoms with Gasteiger partial charge in [-0.3, -0.25) is 4.90 Å². The molecule has 0 saturated carbocycles. The number of para-hydroxylation sites is 1. The van der Waals surface area contributed by atoms with Crippen molar-refractivity contribution in [2.24, 2.45) is 0 Å². The van der Waals surface area contributed by atoms with Crippen molar-refractivity contribution in [2.75, 3.05) is 18.0 Å². The molecule has 4 heterocycles. The van der Waals surface area contributed by atoms with Crippen LogP contribution in [0.4, 0.5) is 10.6 Å². The molecule has 2 aliphatic heterocycles. The van der Waals surface area contributed by atoms with Crippen LogP contribution in [0.2, 0.25) is 5.28 Å². The number of piperazine rings is 1. The van der Waals surface area contributed by atoms with E-state index in [9.17, 15) is 4.79 Å². The molecule has 0 spiro atoms. The normalized spacial score (nSPS) is 21.0. The standard InChI is InChI=1S/C22H25ClN6O2/c1-22(2,3)31-21(30)28-15-9-10-16(28)13-27(12-15)18-17-11-24-29(14-7-5-4-6-8-14)19(17)26-20(23)25-18/h4-8,11,15-16H,9-10,12-13H2,1-3H3/t15-,16+. The van der Waals surface area contributed by atoms with Crippen LogP contribution in [0.1, 0.15) is 33.6 Å². The maximum Gasteiger partial charge on any atom is 0.410 e. The van der Waals surface area contributed by atoms with Gasteiger partial charge >= 0.3 is 6.09 Å². The number of nitrogens with zero attached hydrogens (tertiary/aromatic N) is 6. The summed E-state index contributed by atoms with van der Waals surface area (Å²) in [7, 11) is 0. The molecule has 2 bridgehead atoms. The topological polar surface area (TPSA) is 76.4 Å². The molecule has 1 aromatic carbocycles. The van der Waals surface area contributed by atoms with Crippen molar-refractivity contribution in [1.29, 1.82) is 0 Å². The minimum absolute atomic E-state index is 0.0848. The number of hydrogen-bond acceptors (Lipinski definition) is 6. The zero-order valence-corrected chi connectivity index (χ0v) is 18.6. The molecular weight excluding hydrogens is 416 g/mol. The van der Waals surface area contributed by atoms with E-state index in [2.05, 4.69) is 20.0 Å². The minimum Gasteiger partial charge on any atom is -0.444 e. The van der Waals surface area contributed by atoms with E-state index < -0.39 is 5.60 Å². The van der Waals surface area contributed by atoms with E-state index in [0.29, 0.717) is 18.7 Å². The number of hydrogen-bond donors (Lipinski definition) is 0. The molecule has 1 amide bonds. The number of ether oxygens (including phenoxy) is 1. The van der Waals surface area contributed by atoms with Gasteiger partial charge in [0.15, 0.2) is 5.65 Å². The first-order chi connectivity index (χ1) is 14.8. The lowest BCUT2D eigenvalue weighted by Crippen LogP contribution is -2.57. The Bertz CT molecular complexity index is 1110. The quantitative estimate of drug-likeness (QED) is 0.559. The molecule has 0 unspecified atom stereocenters. The molecule has 0 radical (unpaired) electrons. The van der Waals surface area contributed by atoms with E-state index in [-0.39, 0.29) is 23.5 Å². The minimum atomic E-state index is -0.508. The van der Waals surface area contributed by atoms with Crippen LogP contribution in [0.5, 0.6) is 0 Å². The van der Waals surface area contributed by atoms with E-state index >= 15 is 0 Å². The Labute approximate surface area is 185 Å². The number of anilines is 1. The van der Waals surface area contributed by atoms with E-state index in [1.165, 1.54) is 0 Å². The Kier molecular flexibility index (Phi) is 4.77. The molecule has 31 heavy (non-hydrogen) atoms. The van der Waals surface area contributed by atoms with Gasteiger partial charge in [-0.05, 0) is 57.3 Å². The molecule has 0 aliphatic carbocycles. The molecule has 2 atom stereocenters. The highest BCUT2D eigenvalue weighted by atomic mass is 35.5. The lowest BCUT2D eigenvalue weighted by molar-refractivity contribution is 0.0123. The third kappa shape index (κ3) is 3.69. The molecule has 3 aromatic rings. The van der Waals surface area contributed by atoms with Crippen molar-refractivity contribution in [2.45, 2.75) is 51.3 Å². The fraction of sp³-hybridized carbons (Fsp3) is 0.455. The Hall–Kier alpha value is -2.87. The van der Waals surface area contributed by atoms with Crippen LogP contribution in [-0.2, 0) is 4.74 Å². The predicted octanol–water partition coefficient (Wildman–Crippen LogP) is 4.06. The number of rotatable bonds is 2. The van der Waals surface area contributed by atoms with Gasteiger partial charge in [-0.15, -0.1) is 0 Å². The van der Waals surface area contributed by atoms with Crippen molar-refractivity contribution in [3.8, 4) is 5.69 Å². The smallest absolute Gasteiger partial charge is 0.410 e. The number of amides is 1. The van der Waals surface area contributed by atoms with E-state index in [4.69, 9.17) is 16.3 Å². The van der Waals surface area contributed by atoms with Crippen molar-refractivity contribution < 1.29 is 9.53 Å². The molecule has 8 nitrogen and oxygen atoms in total. The number of fused-ring (bicyclic) bond motifs is 3. The average Bonchev–Trinajstić information content (AvgIpc) is 3.25. The van der Waals surface area contributed by atoms with Gasteiger partial charge in [0, 0.05) is 13.1 Å². The first kappa shape index (κ1) is 20.1. The van der Waals surface area contributed by atoms with Crippen molar-refractivity contribution in [1.82, 2.24) is 24.6 Å². The second-order valence-corrected chi connectivity index (χ2v) is 9.46. The SMILES string of the molecule is CC(C)(C)OC(=O)N1[C@@H]2CC[C@H]1CN(c1nc(Cl)nc3c1cnn3-c1ccccc1)C2. The molecule has 162 valence electrons. The van der Waals surface area contributed by atoms with Gasteiger partial charge in [-0.25, -0.2) is 9.48 Å². The number of benzene rings is 1. The summed E-state index contributed by atoms with van der Waals surface area (Å²) in [4.78, 5) is 25.9. The average molecular weight is 441 g/mol. The Morgan fingerprint density at radius 1 is 1.10 bits per heavy atom. The van der Waals surface area contributed by atoms with Crippen LogP contribution in [-0.4, -0.2) is 61.5 Å². The van der Waals surface area contributed by atoms with Crippen molar-refractivity contribution in [3.05, 3.63) is 41.8 Å². The van der Waals surface area contributed by atoms with Crippen LogP contribution in [0, 0.1) is 0 Å². The maximum atomic E-state index is 12.8. The van der Waals surface area contributed by atoms with Crippen LogP contribution >= 0.6 is 11.6 Å². The van der Waals surface area contributed by atoms with E-state index in [1.807, 2.05) is 56.0 Å². The highest BCUT2D eigenvalue weighted by Gasteiger charge is 2.45. The molecule has 2 fully saturated rings. The van der Waals surface area contributed by atoms with Gasteiger partial charge in [0.2, 0.25) is 5.28 Å². The van der Waals surface area contributed by atoms with Gasteiger partial charge < -0.3 is 9.64 Å². The maximum absolute atomic E-state index is 12.8. The van der Waals surface area contributed by atoms with Crippen molar-refractivity contribution >= 4 is 34.5 Å². The summed E-state index contributed by atoms with van der Waals surface area (Å²) >= 11 is 6.33. The molecule has 2 aromatic heterocycles. The van der Waals surface area contributed by atoms with E-state index in [1.54, 1.807) is 10.9 Å². The van der Waals surface area contributed by atoms with Gasteiger partial charge in [0.25, 0.3) is 0 Å². The fourth-order valence-corrected chi connectivity index (χ4v) is 4.72. The molecular formula is C22H25ClN6O2. The van der Waals surface area contributed by atoms with Crippen LogP contribution < -0.4 is 4.90 Å². The Balaban J connectivity index is 1.46. The number of halogens is 1. The van der Waals surface area contributed by atoms with Crippen LogP contribution in [0.25, 0.3) is 16.7 Å². The molecule has 2 saturated heterocycles. The third-order valence-corrected chi connectivity index (χ3v) is 5.94. The first-order valence-corrected chi connectivity index (χ1v) is 10.9. The monoisotopic (exact) mass is 440 g/mol. The summed E-state index contributed by atoms with van der Waals surface area (Å²) in [5, 5.41) is 5.57. The molecule has 0 N–H and O–H groups in total. The molecule has 2 aliphatic rings. The zero-order chi connectivity index (χ0) is 21.8. The number of carbonyl (C=O) groups excluding carboxylic acids is 1. The summed E-state index contributed by atoms with van der Waals surface area (Å²) in [6.07, 6.45) is 3.45. The summed E-state index contributed by atoms with van der Waals surface area (Å²) in [6, 6.07) is 10.00.